The van der Waals surface area contributed by atoms with Gasteiger partial charge in [0, 0.05) is 56.4 Å². The second-order valence-corrected chi connectivity index (χ2v) is 9.90. The van der Waals surface area contributed by atoms with E-state index in [-0.39, 0.29) is 35.7 Å². The number of piperazine rings is 1. The molecule has 35 heavy (non-hydrogen) atoms. The normalized spacial score (nSPS) is 14.3. The number of rotatable bonds is 9. The number of esters is 1. The molecule has 8 nitrogen and oxygen atoms in total. The number of benzene rings is 2. The molecular formula is C24H32Cl2N4O4S. The number of fused-ring (bicyclic) bond motifs is 1. The third-order valence-corrected chi connectivity index (χ3v) is 7.65. The van der Waals surface area contributed by atoms with E-state index in [0.29, 0.717) is 38.1 Å². The minimum atomic E-state index is -3.66. The van der Waals surface area contributed by atoms with Crippen molar-refractivity contribution in [3.8, 4) is 0 Å². The maximum absolute atomic E-state index is 13.1. The van der Waals surface area contributed by atoms with Crippen LogP contribution in [0.15, 0.2) is 65.7 Å². The number of ether oxygens (including phenoxy) is 1. The van der Waals surface area contributed by atoms with Crippen molar-refractivity contribution in [3.63, 3.8) is 0 Å². The van der Waals surface area contributed by atoms with Crippen molar-refractivity contribution in [1.82, 2.24) is 8.87 Å². The number of carbonyl (C=O) groups excluding carboxylic acids is 1. The fourth-order valence-electron chi connectivity index (χ4n) is 4.14. The Morgan fingerprint density at radius 2 is 1.66 bits per heavy atom. The summed E-state index contributed by atoms with van der Waals surface area (Å²) in [5.41, 5.74) is 7.11. The highest BCUT2D eigenvalue weighted by atomic mass is 35.5. The smallest absolute Gasteiger partial charge is 0.305 e. The second kappa shape index (κ2) is 13.1. The molecule has 1 aliphatic heterocycles. The Labute approximate surface area is 218 Å². The Morgan fingerprint density at radius 3 is 2.34 bits per heavy atom. The van der Waals surface area contributed by atoms with Gasteiger partial charge < -0.3 is 15.4 Å². The number of hydrogen-bond donors (Lipinski definition) is 1. The largest absolute Gasteiger partial charge is 0.464 e. The van der Waals surface area contributed by atoms with E-state index in [1.165, 1.54) is 3.97 Å². The fourth-order valence-corrected chi connectivity index (χ4v) is 5.51. The Balaban J connectivity index is 0.00000216. The Kier molecular flexibility index (Phi) is 10.9. The van der Waals surface area contributed by atoms with Gasteiger partial charge in [0.25, 0.3) is 10.0 Å². The third-order valence-electron chi connectivity index (χ3n) is 5.94. The van der Waals surface area contributed by atoms with Crippen LogP contribution in [-0.4, -0.2) is 69.1 Å². The Bertz CT molecular complexity index is 1200. The van der Waals surface area contributed by atoms with Crippen molar-refractivity contribution in [1.29, 1.82) is 0 Å². The van der Waals surface area contributed by atoms with Crippen molar-refractivity contribution in [2.75, 3.05) is 50.8 Å². The minimum absolute atomic E-state index is 0. The molecule has 3 aromatic rings. The molecule has 0 amide bonds. The van der Waals surface area contributed by atoms with Crippen LogP contribution >= 0.6 is 24.8 Å². The summed E-state index contributed by atoms with van der Waals surface area (Å²) in [6.45, 7) is 4.91. The zero-order valence-electron chi connectivity index (χ0n) is 19.4. The maximum atomic E-state index is 13.1. The van der Waals surface area contributed by atoms with Gasteiger partial charge in [-0.05, 0) is 43.3 Å². The summed E-state index contributed by atoms with van der Waals surface area (Å²) in [5, 5.41) is 0.916. The molecule has 2 aromatic carbocycles. The van der Waals surface area contributed by atoms with E-state index in [4.69, 9.17) is 10.5 Å². The molecule has 4 rings (SSSR count). The zero-order valence-corrected chi connectivity index (χ0v) is 21.9. The number of carbonyl (C=O) groups is 1. The maximum Gasteiger partial charge on any atom is 0.305 e. The first-order chi connectivity index (χ1) is 16.0. The predicted octanol–water partition coefficient (Wildman–Crippen LogP) is 3.13. The van der Waals surface area contributed by atoms with Crippen LogP contribution in [0.5, 0.6) is 0 Å². The Hall–Kier alpha value is -2.30. The highest BCUT2D eigenvalue weighted by Gasteiger charge is 2.22. The zero-order chi connectivity index (χ0) is 23.3. The van der Waals surface area contributed by atoms with E-state index < -0.39 is 10.0 Å². The van der Waals surface area contributed by atoms with Crippen molar-refractivity contribution >= 4 is 57.4 Å². The van der Waals surface area contributed by atoms with Crippen molar-refractivity contribution in [2.45, 2.75) is 17.7 Å². The van der Waals surface area contributed by atoms with Gasteiger partial charge in [0.15, 0.2) is 0 Å². The topological polar surface area (TPSA) is 97.9 Å². The number of anilines is 1. The average molecular weight is 544 g/mol. The molecule has 1 aliphatic rings. The van der Waals surface area contributed by atoms with E-state index in [1.807, 2.05) is 24.3 Å². The van der Waals surface area contributed by atoms with Crippen molar-refractivity contribution < 1.29 is 17.9 Å². The van der Waals surface area contributed by atoms with Crippen LogP contribution in [0.2, 0.25) is 0 Å². The van der Waals surface area contributed by atoms with Crippen LogP contribution in [0.1, 0.15) is 12.8 Å². The first-order valence-electron chi connectivity index (χ1n) is 11.2. The summed E-state index contributed by atoms with van der Waals surface area (Å²) in [6.07, 6.45) is 2.65. The van der Waals surface area contributed by atoms with Gasteiger partial charge in [-0.2, -0.15) is 0 Å². The summed E-state index contributed by atoms with van der Waals surface area (Å²) in [6, 6.07) is 16.1. The Morgan fingerprint density at radius 1 is 0.943 bits per heavy atom. The third kappa shape index (κ3) is 6.68. The van der Waals surface area contributed by atoms with Gasteiger partial charge in [0.2, 0.25) is 0 Å². The molecule has 0 spiro atoms. The highest BCUT2D eigenvalue weighted by molar-refractivity contribution is 7.90. The summed E-state index contributed by atoms with van der Waals surface area (Å²) in [7, 11) is -3.66. The molecule has 2 heterocycles. The van der Waals surface area contributed by atoms with Gasteiger partial charge >= 0.3 is 5.97 Å². The van der Waals surface area contributed by atoms with E-state index >= 15 is 0 Å². The first-order valence-corrected chi connectivity index (χ1v) is 12.7. The molecule has 0 aliphatic carbocycles. The molecule has 0 unspecified atom stereocenters. The van der Waals surface area contributed by atoms with Gasteiger partial charge in [0.1, 0.15) is 6.61 Å². The second-order valence-electron chi connectivity index (χ2n) is 8.08. The van der Waals surface area contributed by atoms with E-state index in [0.717, 1.165) is 37.3 Å². The van der Waals surface area contributed by atoms with Crippen LogP contribution in [-0.2, 0) is 19.6 Å². The lowest BCUT2D eigenvalue weighted by Gasteiger charge is -2.36. The van der Waals surface area contributed by atoms with Crippen LogP contribution in [0.25, 0.3) is 10.9 Å². The molecule has 0 atom stereocenters. The average Bonchev–Trinajstić information content (AvgIpc) is 3.29. The monoisotopic (exact) mass is 542 g/mol. The molecule has 0 radical (unpaired) electrons. The molecule has 11 heteroatoms. The number of aromatic nitrogens is 1. The summed E-state index contributed by atoms with van der Waals surface area (Å²) < 4.78 is 32.9. The number of nitrogens with zero attached hydrogens (tertiary/aromatic N) is 3. The summed E-state index contributed by atoms with van der Waals surface area (Å²) in [4.78, 5) is 16.4. The first kappa shape index (κ1) is 28.9. The summed E-state index contributed by atoms with van der Waals surface area (Å²) >= 11 is 0. The van der Waals surface area contributed by atoms with Crippen LogP contribution < -0.4 is 10.6 Å². The lowest BCUT2D eigenvalue weighted by atomic mass is 10.1. The van der Waals surface area contributed by atoms with Gasteiger partial charge in [-0.1, -0.05) is 24.3 Å². The van der Waals surface area contributed by atoms with Crippen LogP contribution in [0.4, 0.5) is 5.69 Å². The van der Waals surface area contributed by atoms with E-state index in [9.17, 15) is 13.2 Å². The molecule has 1 aromatic heterocycles. The number of hydrogen-bond acceptors (Lipinski definition) is 7. The SMILES string of the molecule is Cl.Cl.NCCCC(=O)OCCN1CCN(c2cccc3c2ccn3S(=O)(=O)c2ccccc2)CC1. The van der Waals surface area contributed by atoms with E-state index in [1.54, 1.807) is 36.5 Å². The van der Waals surface area contributed by atoms with Gasteiger partial charge in [-0.3, -0.25) is 9.69 Å². The van der Waals surface area contributed by atoms with Crippen LogP contribution in [0, 0.1) is 0 Å². The predicted molar refractivity (Wildman–Crippen MR) is 143 cm³/mol. The minimum Gasteiger partial charge on any atom is -0.464 e. The van der Waals surface area contributed by atoms with Gasteiger partial charge in [-0.15, -0.1) is 24.8 Å². The highest BCUT2D eigenvalue weighted by Crippen LogP contribution is 2.30. The van der Waals surface area contributed by atoms with Crippen molar-refractivity contribution in [3.05, 3.63) is 60.8 Å². The molecule has 2 N–H and O–H groups in total. The lowest BCUT2D eigenvalue weighted by Crippen LogP contribution is -2.47. The van der Waals surface area contributed by atoms with E-state index in [2.05, 4.69) is 9.80 Å². The van der Waals surface area contributed by atoms with Crippen molar-refractivity contribution in [2.24, 2.45) is 5.73 Å². The van der Waals surface area contributed by atoms with Crippen LogP contribution in [0.3, 0.4) is 0 Å². The molecule has 1 saturated heterocycles. The molecule has 192 valence electrons. The molecule has 0 saturated carbocycles. The summed E-state index contributed by atoms with van der Waals surface area (Å²) in [5.74, 6) is -0.194. The number of nitrogens with two attached hydrogens (primary N) is 1. The molecular weight excluding hydrogens is 511 g/mol. The molecule has 0 bridgehead atoms. The fraction of sp³-hybridized carbons (Fsp3) is 0.375. The molecule has 1 fully saturated rings. The lowest BCUT2D eigenvalue weighted by molar-refractivity contribution is -0.144. The number of halogens is 2. The van der Waals surface area contributed by atoms with Gasteiger partial charge in [-0.25, -0.2) is 12.4 Å². The quantitative estimate of drug-likeness (QED) is 0.414. The van der Waals surface area contributed by atoms with Gasteiger partial charge in [0.05, 0.1) is 10.4 Å². The standard InChI is InChI=1S/C24H30N4O4S.2ClH/c25-12-5-10-24(29)32-19-18-26-14-16-27(17-15-26)22-8-4-9-23-21(22)11-13-28(23)33(30,31)20-6-2-1-3-7-20;;/h1-4,6-9,11,13H,5,10,12,14-19,25H2;2*1H.